The quantitative estimate of drug-likeness (QED) is 0.595. The lowest BCUT2D eigenvalue weighted by Crippen LogP contribution is -2.38. The number of nitrogens with zero attached hydrogens (tertiary/aromatic N) is 2. The molecule has 3 aliphatic rings. The molecule has 190 valence electrons. The smallest absolute Gasteiger partial charge is 0.336 e. The zero-order chi connectivity index (χ0) is 24.4. The predicted molar refractivity (Wildman–Crippen MR) is 138 cm³/mol. The van der Waals surface area contributed by atoms with Gasteiger partial charge >= 0.3 is 5.97 Å². The van der Waals surface area contributed by atoms with Gasteiger partial charge in [0.05, 0.1) is 29.4 Å². The van der Waals surface area contributed by atoms with Crippen LogP contribution in [0.5, 0.6) is 5.75 Å². The van der Waals surface area contributed by atoms with Crippen LogP contribution in [-0.2, 0) is 0 Å². The van der Waals surface area contributed by atoms with Gasteiger partial charge < -0.3 is 20.1 Å². The summed E-state index contributed by atoms with van der Waals surface area (Å²) in [6.07, 6.45) is 5.14. The highest BCUT2D eigenvalue weighted by atomic mass is 35.5. The van der Waals surface area contributed by atoms with Crippen molar-refractivity contribution in [3.8, 4) is 11.8 Å². The van der Waals surface area contributed by atoms with E-state index in [9.17, 15) is 20.0 Å². The number of halogens is 1. The highest BCUT2D eigenvalue weighted by Gasteiger charge is 2.39. The Bertz CT molecular complexity index is 1160. The predicted octanol–water partition coefficient (Wildman–Crippen LogP) is 4.46. The van der Waals surface area contributed by atoms with E-state index >= 15 is 0 Å². The standard InChI is InChI=1S/C28H31N3O4.ClH/c29-14-19-7-10-26-24(13-19)25-16-31(15-20(25)17-35-26)12-11-18-5-8-21(9-6-18)30-27(32)22-3-1-2-4-23(22)28(33)34;/h1-4,7,10,13,18,20-21,25H,5-6,8-9,11-12,15-17H2,(H,30,32)(H,33,34);1H/t18?,20-,21?,25+;/m0./s1. The van der Waals surface area contributed by atoms with Crippen molar-refractivity contribution in [2.24, 2.45) is 11.8 Å². The molecular weight excluding hydrogens is 478 g/mol. The van der Waals surface area contributed by atoms with Crippen LogP contribution in [-0.4, -0.2) is 54.2 Å². The number of fused-ring (bicyclic) bond motifs is 3. The van der Waals surface area contributed by atoms with Crippen molar-refractivity contribution in [2.75, 3.05) is 26.2 Å². The first-order chi connectivity index (χ1) is 17.0. The van der Waals surface area contributed by atoms with Crippen molar-refractivity contribution >= 4 is 24.3 Å². The Kier molecular flexibility index (Phi) is 8.17. The summed E-state index contributed by atoms with van der Waals surface area (Å²) in [4.78, 5) is 26.6. The third-order valence-electron chi connectivity index (χ3n) is 7.95. The maximum Gasteiger partial charge on any atom is 0.336 e. The van der Waals surface area contributed by atoms with Crippen LogP contribution >= 0.6 is 12.4 Å². The molecule has 2 N–H and O–H groups in total. The monoisotopic (exact) mass is 509 g/mol. The summed E-state index contributed by atoms with van der Waals surface area (Å²) in [7, 11) is 0. The number of nitrogens with one attached hydrogen (secondary N) is 1. The van der Waals surface area contributed by atoms with Gasteiger partial charge in [-0.05, 0) is 74.9 Å². The van der Waals surface area contributed by atoms with E-state index in [4.69, 9.17) is 4.74 Å². The fourth-order valence-corrected chi connectivity index (χ4v) is 5.99. The largest absolute Gasteiger partial charge is 0.493 e. The molecule has 36 heavy (non-hydrogen) atoms. The molecule has 1 amide bonds. The van der Waals surface area contributed by atoms with Crippen LogP contribution in [0.1, 0.15) is 69.9 Å². The Balaban J connectivity index is 0.00000304. The molecular formula is C28H32ClN3O4. The van der Waals surface area contributed by atoms with E-state index in [0.717, 1.165) is 64.1 Å². The molecule has 0 spiro atoms. The number of carboxylic acids is 1. The summed E-state index contributed by atoms with van der Waals surface area (Å²) in [5.74, 6) is 1.11. The van der Waals surface area contributed by atoms with Gasteiger partial charge in [-0.2, -0.15) is 5.26 Å². The van der Waals surface area contributed by atoms with Crippen molar-refractivity contribution in [1.82, 2.24) is 10.2 Å². The lowest BCUT2D eigenvalue weighted by Gasteiger charge is -2.30. The van der Waals surface area contributed by atoms with Gasteiger partial charge in [0, 0.05) is 36.5 Å². The average molecular weight is 510 g/mol. The highest BCUT2D eigenvalue weighted by molar-refractivity contribution is 6.04. The summed E-state index contributed by atoms with van der Waals surface area (Å²) in [5.41, 5.74) is 2.15. The molecule has 2 aliphatic heterocycles. The van der Waals surface area contributed by atoms with Gasteiger partial charge in [0.2, 0.25) is 0 Å². The Labute approximate surface area is 217 Å². The SMILES string of the molecule is Cl.N#Cc1ccc2c(c1)[C@@H]1CN(CCC3CCC(NC(=O)c4ccccc4C(=O)O)CC3)C[C@H]1CO2. The second-order valence-electron chi connectivity index (χ2n) is 10.1. The number of likely N-dealkylation sites (tertiary alicyclic amines) is 1. The fourth-order valence-electron chi connectivity index (χ4n) is 5.99. The number of nitriles is 1. The van der Waals surface area contributed by atoms with Crippen LogP contribution in [0, 0.1) is 23.2 Å². The van der Waals surface area contributed by atoms with E-state index in [2.05, 4.69) is 16.3 Å². The van der Waals surface area contributed by atoms with Crippen LogP contribution < -0.4 is 10.1 Å². The molecule has 7 nitrogen and oxygen atoms in total. The molecule has 0 unspecified atom stereocenters. The van der Waals surface area contributed by atoms with E-state index < -0.39 is 5.97 Å². The zero-order valence-electron chi connectivity index (χ0n) is 20.2. The number of benzene rings is 2. The maximum atomic E-state index is 12.7. The molecule has 1 saturated carbocycles. The van der Waals surface area contributed by atoms with E-state index in [1.165, 1.54) is 11.6 Å². The number of amides is 1. The van der Waals surface area contributed by atoms with Gasteiger partial charge in [-0.25, -0.2) is 4.79 Å². The summed E-state index contributed by atoms with van der Waals surface area (Å²) in [6.45, 7) is 3.86. The molecule has 2 fully saturated rings. The number of carbonyl (C=O) groups excluding carboxylic acids is 1. The van der Waals surface area contributed by atoms with Gasteiger partial charge in [-0.15, -0.1) is 12.4 Å². The van der Waals surface area contributed by atoms with E-state index in [1.807, 2.05) is 18.2 Å². The zero-order valence-corrected chi connectivity index (χ0v) is 21.0. The van der Waals surface area contributed by atoms with Crippen LogP contribution in [0.4, 0.5) is 0 Å². The molecule has 0 aromatic heterocycles. The van der Waals surface area contributed by atoms with Crippen molar-refractivity contribution < 1.29 is 19.4 Å². The topological polar surface area (TPSA) is 103 Å². The molecule has 2 atom stereocenters. The van der Waals surface area contributed by atoms with Gasteiger partial charge in [0.25, 0.3) is 5.91 Å². The minimum absolute atomic E-state index is 0. The van der Waals surface area contributed by atoms with Crippen LogP contribution in [0.15, 0.2) is 42.5 Å². The van der Waals surface area contributed by atoms with Crippen molar-refractivity contribution in [3.05, 3.63) is 64.7 Å². The van der Waals surface area contributed by atoms with E-state index in [-0.39, 0.29) is 35.5 Å². The van der Waals surface area contributed by atoms with E-state index in [1.54, 1.807) is 18.2 Å². The Hall–Kier alpha value is -3.08. The third kappa shape index (κ3) is 5.50. The second-order valence-corrected chi connectivity index (χ2v) is 10.1. The number of hydrogen-bond acceptors (Lipinski definition) is 5. The number of aromatic carboxylic acids is 1. The Morgan fingerprint density at radius 3 is 2.56 bits per heavy atom. The molecule has 2 heterocycles. The first kappa shape index (κ1) is 26.0. The van der Waals surface area contributed by atoms with Gasteiger partial charge in [-0.1, -0.05) is 12.1 Å². The maximum absolute atomic E-state index is 12.7. The lowest BCUT2D eigenvalue weighted by atomic mass is 9.84. The first-order valence-corrected chi connectivity index (χ1v) is 12.5. The van der Waals surface area contributed by atoms with Crippen molar-refractivity contribution in [1.29, 1.82) is 5.26 Å². The summed E-state index contributed by atoms with van der Waals surface area (Å²) in [5, 5.41) is 21.7. The molecule has 8 heteroatoms. The van der Waals surface area contributed by atoms with Gasteiger partial charge in [-0.3, -0.25) is 4.79 Å². The molecule has 2 aromatic carbocycles. The molecule has 1 saturated heterocycles. The van der Waals surface area contributed by atoms with E-state index in [0.29, 0.717) is 23.3 Å². The van der Waals surface area contributed by atoms with Crippen molar-refractivity contribution in [3.63, 3.8) is 0 Å². The number of rotatable bonds is 6. The minimum Gasteiger partial charge on any atom is -0.493 e. The van der Waals surface area contributed by atoms with Crippen LogP contribution in [0.25, 0.3) is 0 Å². The van der Waals surface area contributed by atoms with Crippen LogP contribution in [0.2, 0.25) is 0 Å². The van der Waals surface area contributed by atoms with Crippen molar-refractivity contribution in [2.45, 2.75) is 44.1 Å². The second kappa shape index (κ2) is 11.3. The van der Waals surface area contributed by atoms with Gasteiger partial charge in [0.15, 0.2) is 0 Å². The number of carboxylic acid groups (broad SMARTS) is 1. The summed E-state index contributed by atoms with van der Waals surface area (Å²) >= 11 is 0. The Morgan fingerprint density at radius 1 is 1.08 bits per heavy atom. The number of carbonyl (C=O) groups is 2. The molecule has 1 aliphatic carbocycles. The summed E-state index contributed by atoms with van der Waals surface area (Å²) < 4.78 is 5.97. The molecule has 0 bridgehead atoms. The molecule has 0 radical (unpaired) electrons. The molecule has 5 rings (SSSR count). The third-order valence-corrected chi connectivity index (χ3v) is 7.95. The highest BCUT2D eigenvalue weighted by Crippen LogP contribution is 2.42. The summed E-state index contributed by atoms with van der Waals surface area (Å²) in [6, 6.07) is 14.5. The first-order valence-electron chi connectivity index (χ1n) is 12.5. The Morgan fingerprint density at radius 2 is 1.83 bits per heavy atom. The number of ether oxygens (including phenoxy) is 1. The number of hydrogen-bond donors (Lipinski definition) is 2. The van der Waals surface area contributed by atoms with Crippen LogP contribution in [0.3, 0.4) is 0 Å². The minimum atomic E-state index is -1.08. The molecule has 2 aromatic rings. The fraction of sp³-hybridized carbons (Fsp3) is 0.464. The normalized spacial score (nSPS) is 24.9. The lowest BCUT2D eigenvalue weighted by molar-refractivity contribution is 0.0690. The average Bonchev–Trinajstić information content (AvgIpc) is 3.31. The van der Waals surface area contributed by atoms with Gasteiger partial charge in [0.1, 0.15) is 5.75 Å².